The standard InChI is InChI=1S/C25H32N6O5/c1-4-9-27-23(32)19-5-6-20-22(28-19)31(16-8-11-30(20)13-16)24(33)29-21-12-17(7-10-26-21)34-14-18-15-35-25(2,3)36-18/h4-7,10,12,16,18-19,28H,1,8-9,11,13-15H2,2-3H3,(H,27,32)(H,26,29,33)/t16?,18-,19?/m0/s1. The van der Waals surface area contributed by atoms with Crippen LogP contribution in [0.2, 0.25) is 0 Å². The average Bonchev–Trinajstić information content (AvgIpc) is 3.44. The molecule has 2 unspecified atom stereocenters. The van der Waals surface area contributed by atoms with Gasteiger partial charge in [0.05, 0.1) is 18.3 Å². The number of rotatable bonds is 7. The van der Waals surface area contributed by atoms with Crippen molar-refractivity contribution >= 4 is 17.8 Å². The number of fused-ring (bicyclic) bond motifs is 3. The first kappa shape index (κ1) is 24.1. The zero-order valence-electron chi connectivity index (χ0n) is 20.5. The summed E-state index contributed by atoms with van der Waals surface area (Å²) in [6.07, 6.45) is 7.60. The number of carbonyl (C=O) groups excluding carboxylic acids is 2. The van der Waals surface area contributed by atoms with Crippen molar-refractivity contribution in [2.45, 2.75) is 44.2 Å². The van der Waals surface area contributed by atoms with Gasteiger partial charge in [0.2, 0.25) is 5.91 Å². The van der Waals surface area contributed by atoms with Gasteiger partial charge in [-0.15, -0.1) is 6.58 Å². The van der Waals surface area contributed by atoms with Gasteiger partial charge in [-0.25, -0.2) is 9.78 Å². The van der Waals surface area contributed by atoms with E-state index in [1.54, 1.807) is 29.3 Å². The molecule has 0 radical (unpaired) electrons. The lowest BCUT2D eigenvalue weighted by Crippen LogP contribution is -2.56. The fraction of sp³-hybridized carbons (Fsp3) is 0.480. The Kier molecular flexibility index (Phi) is 6.59. The number of pyridine rings is 1. The van der Waals surface area contributed by atoms with Crippen LogP contribution in [0.5, 0.6) is 5.75 Å². The van der Waals surface area contributed by atoms with E-state index in [1.165, 1.54) is 0 Å². The number of ether oxygens (including phenoxy) is 3. The molecule has 0 aromatic carbocycles. The van der Waals surface area contributed by atoms with Crippen LogP contribution < -0.4 is 20.7 Å². The van der Waals surface area contributed by atoms with Crippen molar-refractivity contribution in [1.82, 2.24) is 25.4 Å². The normalized spacial score (nSPS) is 25.8. The van der Waals surface area contributed by atoms with Gasteiger partial charge < -0.3 is 29.7 Å². The lowest BCUT2D eigenvalue weighted by atomic mass is 10.1. The second kappa shape index (κ2) is 9.82. The SMILES string of the molecule is C=CCNC(=O)C1C=CC2=C(N1)N(C(=O)Nc1cc(OC[C@H]3COC(C)(C)O3)ccn1)C1CCN2C1. The molecule has 1 aromatic rings. The van der Waals surface area contributed by atoms with Crippen LogP contribution in [-0.4, -0.2) is 83.5 Å². The van der Waals surface area contributed by atoms with Gasteiger partial charge in [-0.1, -0.05) is 12.2 Å². The number of allylic oxidation sites excluding steroid dienone is 1. The number of amides is 3. The summed E-state index contributed by atoms with van der Waals surface area (Å²) in [4.78, 5) is 34.2. The maximum Gasteiger partial charge on any atom is 0.328 e. The average molecular weight is 497 g/mol. The van der Waals surface area contributed by atoms with E-state index in [0.29, 0.717) is 37.1 Å². The van der Waals surface area contributed by atoms with Crippen molar-refractivity contribution in [3.8, 4) is 5.75 Å². The van der Waals surface area contributed by atoms with E-state index in [0.717, 1.165) is 25.2 Å². The van der Waals surface area contributed by atoms with Gasteiger partial charge in [0.1, 0.15) is 36.1 Å². The van der Waals surface area contributed by atoms with Gasteiger partial charge in [0.15, 0.2) is 5.79 Å². The van der Waals surface area contributed by atoms with Crippen LogP contribution in [0.15, 0.2) is 54.7 Å². The van der Waals surface area contributed by atoms with Crippen LogP contribution in [0.3, 0.4) is 0 Å². The number of aromatic nitrogens is 1. The minimum absolute atomic E-state index is 0.0121. The van der Waals surface area contributed by atoms with Crippen LogP contribution in [0.1, 0.15) is 20.3 Å². The maximum absolute atomic E-state index is 13.5. The molecule has 0 saturated carbocycles. The van der Waals surface area contributed by atoms with E-state index >= 15 is 0 Å². The molecule has 1 aromatic heterocycles. The molecule has 0 spiro atoms. The van der Waals surface area contributed by atoms with Crippen LogP contribution in [0, 0.1) is 0 Å². The summed E-state index contributed by atoms with van der Waals surface area (Å²) >= 11 is 0. The fourth-order valence-electron chi connectivity index (χ4n) is 4.81. The number of dihydropyridines is 1. The molecule has 2 bridgehead atoms. The lowest BCUT2D eigenvalue weighted by molar-refractivity contribution is -0.141. The van der Waals surface area contributed by atoms with Crippen molar-refractivity contribution < 1.29 is 23.8 Å². The molecule has 4 aliphatic rings. The van der Waals surface area contributed by atoms with Gasteiger partial charge in [-0.2, -0.15) is 0 Å². The first-order valence-electron chi connectivity index (χ1n) is 12.2. The third kappa shape index (κ3) is 5.02. The number of nitrogens with one attached hydrogen (secondary N) is 3. The molecular formula is C25H32N6O5. The Balaban J connectivity index is 1.26. The summed E-state index contributed by atoms with van der Waals surface area (Å²) in [6.45, 7) is 10.1. The smallest absolute Gasteiger partial charge is 0.328 e. The Morgan fingerprint density at radius 3 is 3.06 bits per heavy atom. The second-order valence-corrected chi connectivity index (χ2v) is 9.58. The van der Waals surface area contributed by atoms with Gasteiger partial charge in [0.25, 0.3) is 0 Å². The first-order valence-corrected chi connectivity index (χ1v) is 12.2. The Bertz CT molecular complexity index is 1100. The highest BCUT2D eigenvalue weighted by Crippen LogP contribution is 2.33. The Hall–Kier alpha value is -3.57. The summed E-state index contributed by atoms with van der Waals surface area (Å²) in [5, 5.41) is 8.94. The van der Waals surface area contributed by atoms with Crippen LogP contribution in [-0.2, 0) is 14.3 Å². The minimum Gasteiger partial charge on any atom is -0.491 e. The first-order chi connectivity index (χ1) is 17.3. The molecule has 192 valence electrons. The van der Waals surface area contributed by atoms with Crippen molar-refractivity contribution in [1.29, 1.82) is 0 Å². The molecule has 4 aliphatic heterocycles. The highest BCUT2D eigenvalue weighted by molar-refractivity contribution is 5.91. The molecule has 36 heavy (non-hydrogen) atoms. The molecule has 5 heterocycles. The van der Waals surface area contributed by atoms with Gasteiger partial charge in [-0.05, 0) is 32.4 Å². The topological polar surface area (TPSA) is 117 Å². The lowest BCUT2D eigenvalue weighted by Gasteiger charge is -2.40. The van der Waals surface area contributed by atoms with Crippen molar-refractivity contribution in [3.63, 3.8) is 0 Å². The zero-order chi connectivity index (χ0) is 25.3. The van der Waals surface area contributed by atoms with E-state index in [9.17, 15) is 9.59 Å². The monoisotopic (exact) mass is 496 g/mol. The summed E-state index contributed by atoms with van der Waals surface area (Å²) in [6, 6.07) is 2.49. The third-order valence-electron chi connectivity index (χ3n) is 6.48. The predicted octanol–water partition coefficient (Wildman–Crippen LogP) is 1.53. The molecule has 3 amide bonds. The van der Waals surface area contributed by atoms with E-state index in [1.807, 2.05) is 26.0 Å². The quantitative estimate of drug-likeness (QED) is 0.487. The highest BCUT2D eigenvalue weighted by Gasteiger charge is 2.42. The van der Waals surface area contributed by atoms with Crippen molar-refractivity contribution in [3.05, 3.63) is 54.7 Å². The minimum atomic E-state index is -0.614. The molecule has 2 saturated heterocycles. The van der Waals surface area contributed by atoms with Crippen LogP contribution >= 0.6 is 0 Å². The van der Waals surface area contributed by atoms with E-state index < -0.39 is 11.8 Å². The molecule has 3 N–H and O–H groups in total. The van der Waals surface area contributed by atoms with E-state index in [4.69, 9.17) is 14.2 Å². The fourth-order valence-corrected chi connectivity index (χ4v) is 4.81. The number of anilines is 1. The number of carbonyl (C=O) groups is 2. The van der Waals surface area contributed by atoms with Crippen molar-refractivity contribution in [2.75, 3.05) is 38.2 Å². The Morgan fingerprint density at radius 1 is 1.42 bits per heavy atom. The van der Waals surface area contributed by atoms with Gasteiger partial charge >= 0.3 is 6.03 Å². The summed E-state index contributed by atoms with van der Waals surface area (Å²) < 4.78 is 17.2. The predicted molar refractivity (Wildman–Crippen MR) is 132 cm³/mol. The largest absolute Gasteiger partial charge is 0.491 e. The molecular weight excluding hydrogens is 464 g/mol. The van der Waals surface area contributed by atoms with E-state index in [2.05, 4.69) is 32.4 Å². The molecule has 2 fully saturated rings. The highest BCUT2D eigenvalue weighted by atomic mass is 16.7. The van der Waals surface area contributed by atoms with Crippen LogP contribution in [0.25, 0.3) is 0 Å². The molecule has 5 rings (SSSR count). The summed E-state index contributed by atoms with van der Waals surface area (Å²) in [7, 11) is 0. The third-order valence-corrected chi connectivity index (χ3v) is 6.48. The zero-order valence-corrected chi connectivity index (χ0v) is 20.5. The summed E-state index contributed by atoms with van der Waals surface area (Å²) in [5.41, 5.74) is 0.901. The number of nitrogens with zero attached hydrogens (tertiary/aromatic N) is 3. The Morgan fingerprint density at radius 2 is 2.28 bits per heavy atom. The van der Waals surface area contributed by atoms with Gasteiger partial charge in [0, 0.05) is 31.9 Å². The number of urea groups is 1. The second-order valence-electron chi connectivity index (χ2n) is 9.58. The van der Waals surface area contributed by atoms with Crippen molar-refractivity contribution in [2.24, 2.45) is 0 Å². The maximum atomic E-state index is 13.5. The summed E-state index contributed by atoms with van der Waals surface area (Å²) in [5.74, 6) is 0.762. The molecule has 11 nitrogen and oxygen atoms in total. The Labute approximate surface area is 210 Å². The molecule has 3 atom stereocenters. The number of hydrogen-bond acceptors (Lipinski definition) is 8. The molecule has 0 aliphatic carbocycles. The van der Waals surface area contributed by atoms with E-state index in [-0.39, 0.29) is 24.1 Å². The van der Waals surface area contributed by atoms with Gasteiger partial charge in [-0.3, -0.25) is 15.0 Å². The number of hydrogen-bond donors (Lipinski definition) is 3. The molecule has 11 heteroatoms. The van der Waals surface area contributed by atoms with Crippen LogP contribution in [0.4, 0.5) is 10.6 Å².